The Labute approximate surface area is 210 Å². The average Bonchev–Trinajstić information content (AvgIpc) is 2.88. The molecule has 9 nitrogen and oxygen atoms in total. The van der Waals surface area contributed by atoms with E-state index >= 15 is 0 Å². The lowest BCUT2D eigenvalue weighted by atomic mass is 10.1. The van der Waals surface area contributed by atoms with E-state index in [0.717, 1.165) is 18.8 Å². The number of carbonyl (C=O) groups is 1. The van der Waals surface area contributed by atoms with E-state index in [-0.39, 0.29) is 29.4 Å². The lowest BCUT2D eigenvalue weighted by Crippen LogP contribution is -2.54. The normalized spacial score (nSPS) is 17.4. The van der Waals surface area contributed by atoms with Crippen molar-refractivity contribution in [3.05, 3.63) is 65.7 Å². The summed E-state index contributed by atoms with van der Waals surface area (Å²) in [6, 6.07) is 11.8. The van der Waals surface area contributed by atoms with Gasteiger partial charge in [0.2, 0.25) is 5.95 Å². The first-order valence-corrected chi connectivity index (χ1v) is 11.8. The smallest absolute Gasteiger partial charge is 0.251 e. The quantitative estimate of drug-likeness (QED) is 0.438. The summed E-state index contributed by atoms with van der Waals surface area (Å²) in [7, 11) is 2.85. The number of rotatable bonds is 8. The predicted molar refractivity (Wildman–Crippen MR) is 137 cm³/mol. The zero-order chi connectivity index (χ0) is 25.7. The van der Waals surface area contributed by atoms with Gasteiger partial charge in [0.15, 0.2) is 17.3 Å². The van der Waals surface area contributed by atoms with E-state index in [0.29, 0.717) is 23.8 Å². The minimum Gasteiger partial charge on any atom is -0.494 e. The highest BCUT2D eigenvalue weighted by Gasteiger charge is 2.21. The van der Waals surface area contributed by atoms with Crippen molar-refractivity contribution in [3.8, 4) is 11.5 Å². The summed E-state index contributed by atoms with van der Waals surface area (Å²) >= 11 is 0. The first kappa shape index (κ1) is 25.2. The summed E-state index contributed by atoms with van der Waals surface area (Å²) in [5.74, 6) is -0.191. The number of ether oxygens (including phenoxy) is 2. The molecule has 0 aliphatic carbocycles. The van der Waals surface area contributed by atoms with Crippen LogP contribution in [0.2, 0.25) is 0 Å². The molecule has 10 heteroatoms. The van der Waals surface area contributed by atoms with Gasteiger partial charge in [0, 0.05) is 54.7 Å². The van der Waals surface area contributed by atoms with Crippen LogP contribution in [-0.2, 0) is 6.61 Å². The van der Waals surface area contributed by atoms with Gasteiger partial charge in [0.1, 0.15) is 6.61 Å². The Balaban J connectivity index is 1.37. The zero-order valence-corrected chi connectivity index (χ0v) is 20.8. The molecule has 0 spiro atoms. The van der Waals surface area contributed by atoms with E-state index < -0.39 is 5.82 Å². The fourth-order valence-corrected chi connectivity index (χ4v) is 4.22. The summed E-state index contributed by atoms with van der Waals surface area (Å²) in [6.45, 7) is 6.20. The summed E-state index contributed by atoms with van der Waals surface area (Å²) in [5, 5.41) is 9.23. The number of hydrogen-bond donors (Lipinski definition) is 3. The van der Waals surface area contributed by atoms with Crippen LogP contribution in [-0.4, -0.2) is 55.2 Å². The number of nitrogens with zero attached hydrogens (tertiary/aromatic N) is 3. The Bertz CT molecular complexity index is 1180. The highest BCUT2D eigenvalue weighted by molar-refractivity contribution is 5.94. The van der Waals surface area contributed by atoms with Crippen molar-refractivity contribution in [2.45, 2.75) is 32.5 Å². The molecule has 1 amide bonds. The van der Waals surface area contributed by atoms with Crippen LogP contribution in [0.25, 0.3) is 0 Å². The lowest BCUT2D eigenvalue weighted by molar-refractivity contribution is 0.0962. The van der Waals surface area contributed by atoms with E-state index in [1.54, 1.807) is 0 Å². The number of anilines is 3. The SMILES string of the molecule is CNC(=O)c1cc(COc2cnc(Nc3ccc(N4C[C@@H](C)N[C@@H](C)C4)cc3)nc2)c(F)c(OC)c1. The Morgan fingerprint density at radius 2 is 1.81 bits per heavy atom. The van der Waals surface area contributed by atoms with Crippen molar-refractivity contribution < 1.29 is 18.7 Å². The van der Waals surface area contributed by atoms with Crippen LogP contribution in [0.4, 0.5) is 21.7 Å². The van der Waals surface area contributed by atoms with Gasteiger partial charge < -0.3 is 30.3 Å². The topological polar surface area (TPSA) is 101 Å². The van der Waals surface area contributed by atoms with Crippen molar-refractivity contribution in [2.75, 3.05) is 37.5 Å². The molecule has 1 aliphatic rings. The molecule has 36 heavy (non-hydrogen) atoms. The third-order valence-electron chi connectivity index (χ3n) is 5.89. The molecule has 3 aromatic rings. The van der Waals surface area contributed by atoms with E-state index in [4.69, 9.17) is 9.47 Å². The van der Waals surface area contributed by atoms with Gasteiger partial charge in [-0.25, -0.2) is 14.4 Å². The maximum Gasteiger partial charge on any atom is 0.251 e. The number of methoxy groups -OCH3 is 1. The van der Waals surface area contributed by atoms with E-state index in [9.17, 15) is 9.18 Å². The molecular weight excluding hydrogens is 463 g/mol. The van der Waals surface area contributed by atoms with Gasteiger partial charge >= 0.3 is 0 Å². The summed E-state index contributed by atoms with van der Waals surface area (Å²) < 4.78 is 25.3. The molecule has 0 bridgehead atoms. The van der Waals surface area contributed by atoms with Gasteiger partial charge in [-0.2, -0.15) is 0 Å². The molecule has 0 saturated carbocycles. The van der Waals surface area contributed by atoms with Crippen LogP contribution in [0.1, 0.15) is 29.8 Å². The number of amides is 1. The van der Waals surface area contributed by atoms with Crippen LogP contribution in [0, 0.1) is 5.82 Å². The second kappa shape index (κ2) is 11.2. The number of aromatic nitrogens is 2. The van der Waals surface area contributed by atoms with Crippen molar-refractivity contribution >= 4 is 23.2 Å². The fourth-order valence-electron chi connectivity index (χ4n) is 4.22. The van der Waals surface area contributed by atoms with Gasteiger partial charge in [-0.3, -0.25) is 4.79 Å². The Hall–Kier alpha value is -3.92. The van der Waals surface area contributed by atoms with Gasteiger partial charge in [-0.1, -0.05) is 0 Å². The number of nitrogens with one attached hydrogen (secondary N) is 3. The van der Waals surface area contributed by atoms with Crippen molar-refractivity contribution in [2.24, 2.45) is 0 Å². The highest BCUT2D eigenvalue weighted by atomic mass is 19.1. The number of benzene rings is 2. The third kappa shape index (κ3) is 6.01. The third-order valence-corrected chi connectivity index (χ3v) is 5.89. The van der Waals surface area contributed by atoms with Crippen molar-refractivity contribution in [3.63, 3.8) is 0 Å². The second-order valence-electron chi connectivity index (χ2n) is 8.81. The Kier molecular flexibility index (Phi) is 7.84. The first-order chi connectivity index (χ1) is 17.4. The first-order valence-electron chi connectivity index (χ1n) is 11.8. The minimum atomic E-state index is -0.586. The zero-order valence-electron chi connectivity index (χ0n) is 20.8. The van der Waals surface area contributed by atoms with Gasteiger partial charge in [-0.15, -0.1) is 0 Å². The van der Waals surface area contributed by atoms with Crippen LogP contribution in [0.15, 0.2) is 48.8 Å². The largest absolute Gasteiger partial charge is 0.494 e. The van der Waals surface area contributed by atoms with Crippen LogP contribution < -0.4 is 30.3 Å². The molecule has 0 radical (unpaired) electrons. The van der Waals surface area contributed by atoms with Crippen LogP contribution in [0.5, 0.6) is 11.5 Å². The molecule has 4 rings (SSSR count). The summed E-state index contributed by atoms with van der Waals surface area (Å²) in [4.78, 5) is 22.9. The van der Waals surface area contributed by atoms with Crippen molar-refractivity contribution in [1.82, 2.24) is 20.6 Å². The van der Waals surface area contributed by atoms with Crippen LogP contribution >= 0.6 is 0 Å². The molecule has 1 fully saturated rings. The van der Waals surface area contributed by atoms with Gasteiger partial charge in [0.05, 0.1) is 19.5 Å². The predicted octanol–water partition coefficient (Wildman–Crippen LogP) is 3.49. The maximum absolute atomic E-state index is 14.6. The molecule has 2 aromatic carbocycles. The lowest BCUT2D eigenvalue weighted by Gasteiger charge is -2.37. The van der Waals surface area contributed by atoms with Gasteiger partial charge in [0.25, 0.3) is 5.91 Å². The number of hydrogen-bond acceptors (Lipinski definition) is 8. The van der Waals surface area contributed by atoms with E-state index in [2.05, 4.69) is 56.8 Å². The molecule has 0 unspecified atom stereocenters. The standard InChI is InChI=1S/C26H31FN6O3/c1-16-13-33(14-17(2)31-16)21-7-5-20(6-8-21)32-26-29-11-22(12-30-26)36-15-19-9-18(25(34)28-3)10-23(35-4)24(19)27/h5-12,16-17,31H,13-15H2,1-4H3,(H,28,34)(H,29,30,32)/t16-,17+. The summed E-state index contributed by atoms with van der Waals surface area (Å²) in [6.07, 6.45) is 3.01. The highest BCUT2D eigenvalue weighted by Crippen LogP contribution is 2.25. The van der Waals surface area contributed by atoms with Gasteiger partial charge in [-0.05, 0) is 50.2 Å². The molecular formula is C26H31FN6O3. The summed E-state index contributed by atoms with van der Waals surface area (Å²) in [5.41, 5.74) is 2.50. The molecule has 1 saturated heterocycles. The monoisotopic (exact) mass is 494 g/mol. The number of piperazine rings is 1. The number of carbonyl (C=O) groups excluding carboxylic acids is 1. The minimum absolute atomic E-state index is 0.0301. The molecule has 190 valence electrons. The van der Waals surface area contributed by atoms with E-state index in [1.807, 2.05) is 12.1 Å². The molecule has 3 N–H and O–H groups in total. The number of halogens is 1. The molecule has 1 aliphatic heterocycles. The second-order valence-corrected chi connectivity index (χ2v) is 8.81. The van der Waals surface area contributed by atoms with Crippen LogP contribution in [0.3, 0.4) is 0 Å². The van der Waals surface area contributed by atoms with E-state index in [1.165, 1.54) is 44.4 Å². The molecule has 2 heterocycles. The molecule has 1 aromatic heterocycles. The molecule has 2 atom stereocenters. The Morgan fingerprint density at radius 1 is 1.14 bits per heavy atom. The van der Waals surface area contributed by atoms with Crippen molar-refractivity contribution in [1.29, 1.82) is 0 Å². The maximum atomic E-state index is 14.6. The Morgan fingerprint density at radius 3 is 2.42 bits per heavy atom. The fraction of sp³-hybridized carbons (Fsp3) is 0.346. The average molecular weight is 495 g/mol.